The predicted molar refractivity (Wildman–Crippen MR) is 123 cm³/mol. The Hall–Kier alpha value is -1.95. The number of nitrogens with one attached hydrogen (secondary N) is 2. The van der Waals surface area contributed by atoms with Crippen molar-refractivity contribution in [1.82, 2.24) is 19.9 Å². The summed E-state index contributed by atoms with van der Waals surface area (Å²) < 4.78 is 0. The normalized spacial score (nSPS) is 14.1. The van der Waals surface area contributed by atoms with Gasteiger partial charge in [0.15, 0.2) is 0 Å². The van der Waals surface area contributed by atoms with E-state index < -0.39 is 0 Å². The van der Waals surface area contributed by atoms with Gasteiger partial charge in [0.1, 0.15) is 11.4 Å². The fourth-order valence-corrected chi connectivity index (χ4v) is 4.33. The van der Waals surface area contributed by atoms with Crippen LogP contribution in [0.2, 0.25) is 5.02 Å². The minimum Gasteiger partial charge on any atom is -0.355 e. The van der Waals surface area contributed by atoms with Crippen LogP contribution in [0, 0.1) is 0 Å². The molecule has 0 spiro atoms. The standard InChI is InChI=1S/C20H9Cl5N4/c21-14-12-6-10-3-1-8(26-10)5-9-2-4-11(27-9)7-13-15(22)17(24)20(29-13)18(25)19(28-12)16(14)23/h1-7,26-27H. The van der Waals surface area contributed by atoms with Gasteiger partial charge in [0.2, 0.25) is 0 Å². The molecule has 0 amide bonds. The zero-order valence-corrected chi connectivity index (χ0v) is 18.1. The molecular formula is C20H9Cl5N4. The van der Waals surface area contributed by atoms with Crippen molar-refractivity contribution in [3.05, 3.63) is 70.3 Å². The first-order chi connectivity index (χ1) is 13.9. The zero-order chi connectivity index (χ0) is 20.3. The van der Waals surface area contributed by atoms with Gasteiger partial charge < -0.3 is 9.97 Å². The number of H-pyrrole nitrogens is 2. The molecule has 2 aliphatic heterocycles. The average molecular weight is 483 g/mol. The molecule has 144 valence electrons. The summed E-state index contributed by atoms with van der Waals surface area (Å²) in [7, 11) is 0. The van der Waals surface area contributed by atoms with Crippen molar-refractivity contribution in [2.75, 3.05) is 0 Å². The molecule has 0 atom stereocenters. The highest BCUT2D eigenvalue weighted by molar-refractivity contribution is 6.68. The third-order valence-corrected chi connectivity index (χ3v) is 6.54. The second-order valence-electron chi connectivity index (χ2n) is 6.43. The van der Waals surface area contributed by atoms with Gasteiger partial charge in [-0.25, -0.2) is 9.97 Å². The van der Waals surface area contributed by atoms with Crippen molar-refractivity contribution < 1.29 is 0 Å². The average Bonchev–Trinajstić information content (AvgIpc) is 3.44. The van der Waals surface area contributed by atoms with Crippen molar-refractivity contribution in [2.45, 2.75) is 0 Å². The Labute approximate surface area is 189 Å². The third kappa shape index (κ3) is 3.25. The Bertz CT molecular complexity index is 1310. The molecule has 0 saturated heterocycles. The predicted octanol–water partition coefficient (Wildman–Crippen LogP) is 7.58. The maximum atomic E-state index is 6.57. The van der Waals surface area contributed by atoms with E-state index in [4.69, 9.17) is 58.0 Å². The van der Waals surface area contributed by atoms with Gasteiger partial charge in [0.05, 0.1) is 36.5 Å². The first-order valence-electron chi connectivity index (χ1n) is 8.39. The number of nitrogens with zero attached hydrogens (tertiary/aromatic N) is 2. The van der Waals surface area contributed by atoms with Crippen molar-refractivity contribution in [3.8, 4) is 0 Å². The van der Waals surface area contributed by atoms with Crippen LogP contribution in [0.25, 0.3) is 42.2 Å². The van der Waals surface area contributed by atoms with E-state index in [1.165, 1.54) is 0 Å². The Morgan fingerprint density at radius 1 is 0.517 bits per heavy atom. The number of aromatic nitrogens is 4. The SMILES string of the molecule is ClC1=C(Cl)c2nc1cc1ccc(cc3ccc(cc4nc(c2Cl)C(Cl)=C4Cl)[nH]3)[nH]1. The molecule has 0 saturated carbocycles. The summed E-state index contributed by atoms with van der Waals surface area (Å²) in [6.45, 7) is 0. The van der Waals surface area contributed by atoms with Crippen LogP contribution < -0.4 is 0 Å². The molecule has 5 heterocycles. The highest BCUT2D eigenvalue weighted by Gasteiger charge is 2.25. The quantitative estimate of drug-likeness (QED) is 0.347. The molecule has 0 aromatic carbocycles. The minimum absolute atomic E-state index is 0.169. The van der Waals surface area contributed by atoms with Gasteiger partial charge in [-0.15, -0.1) is 0 Å². The van der Waals surface area contributed by atoms with Gasteiger partial charge >= 0.3 is 0 Å². The van der Waals surface area contributed by atoms with Crippen LogP contribution in [0.4, 0.5) is 0 Å². The molecule has 3 aromatic rings. The van der Waals surface area contributed by atoms with Gasteiger partial charge in [0, 0.05) is 22.1 Å². The number of hydrogen-bond acceptors (Lipinski definition) is 2. The molecule has 29 heavy (non-hydrogen) atoms. The fraction of sp³-hybridized carbons (Fsp3) is 0. The van der Waals surface area contributed by atoms with E-state index in [0.717, 1.165) is 22.1 Å². The second kappa shape index (κ2) is 7.08. The van der Waals surface area contributed by atoms with Gasteiger partial charge in [-0.3, -0.25) is 0 Å². The molecule has 2 aliphatic rings. The lowest BCUT2D eigenvalue weighted by Gasteiger charge is -1.97. The summed E-state index contributed by atoms with van der Waals surface area (Å²) in [5, 5.41) is 1.19. The summed E-state index contributed by atoms with van der Waals surface area (Å²) in [5.41, 5.74) is 4.99. The first kappa shape index (κ1) is 19.0. The maximum absolute atomic E-state index is 6.57. The van der Waals surface area contributed by atoms with Crippen LogP contribution in [0.5, 0.6) is 0 Å². The van der Waals surface area contributed by atoms with Gasteiger partial charge in [0.25, 0.3) is 0 Å². The second-order valence-corrected chi connectivity index (χ2v) is 8.32. The van der Waals surface area contributed by atoms with E-state index in [1.54, 1.807) is 12.1 Å². The third-order valence-electron chi connectivity index (χ3n) is 4.49. The van der Waals surface area contributed by atoms with Crippen molar-refractivity contribution in [2.24, 2.45) is 0 Å². The number of aromatic amines is 2. The Morgan fingerprint density at radius 2 is 0.897 bits per heavy atom. The van der Waals surface area contributed by atoms with Crippen molar-refractivity contribution in [1.29, 1.82) is 0 Å². The number of rotatable bonds is 0. The summed E-state index contributed by atoms with van der Waals surface area (Å²) in [5.74, 6) is 0. The van der Waals surface area contributed by atoms with Crippen LogP contribution in [0.3, 0.4) is 0 Å². The maximum Gasteiger partial charge on any atom is 0.105 e. The molecule has 0 radical (unpaired) electrons. The molecule has 9 heteroatoms. The smallest absolute Gasteiger partial charge is 0.105 e. The molecule has 0 fully saturated rings. The van der Waals surface area contributed by atoms with Gasteiger partial charge in [-0.2, -0.15) is 0 Å². The van der Waals surface area contributed by atoms with E-state index in [0.29, 0.717) is 32.8 Å². The van der Waals surface area contributed by atoms with E-state index in [9.17, 15) is 0 Å². The molecule has 3 aromatic heterocycles. The lowest BCUT2D eigenvalue weighted by Crippen LogP contribution is -1.85. The molecule has 4 nitrogen and oxygen atoms in total. The van der Waals surface area contributed by atoms with Crippen LogP contribution in [-0.4, -0.2) is 19.9 Å². The molecular weight excluding hydrogens is 474 g/mol. The monoisotopic (exact) mass is 480 g/mol. The number of hydrogen-bond donors (Lipinski definition) is 2. The van der Waals surface area contributed by atoms with E-state index in [1.807, 2.05) is 30.3 Å². The Balaban J connectivity index is 1.95. The first-order valence-corrected chi connectivity index (χ1v) is 10.3. The van der Waals surface area contributed by atoms with E-state index in [2.05, 4.69) is 19.9 Å². The molecule has 2 N–H and O–H groups in total. The topological polar surface area (TPSA) is 57.4 Å². The van der Waals surface area contributed by atoms with Crippen LogP contribution in [0.1, 0.15) is 22.8 Å². The van der Waals surface area contributed by atoms with Crippen LogP contribution in [0.15, 0.2) is 42.5 Å². The molecule has 0 aliphatic carbocycles. The van der Waals surface area contributed by atoms with E-state index >= 15 is 0 Å². The largest absolute Gasteiger partial charge is 0.355 e. The molecule has 8 bridgehead atoms. The van der Waals surface area contributed by atoms with Crippen molar-refractivity contribution in [3.63, 3.8) is 0 Å². The lowest BCUT2D eigenvalue weighted by atomic mass is 10.3. The molecule has 0 unspecified atom stereocenters. The highest BCUT2D eigenvalue weighted by atomic mass is 35.5. The summed E-state index contributed by atoms with van der Waals surface area (Å²) >= 11 is 32.2. The van der Waals surface area contributed by atoms with Crippen LogP contribution in [-0.2, 0) is 0 Å². The van der Waals surface area contributed by atoms with Crippen LogP contribution >= 0.6 is 58.0 Å². The summed E-state index contributed by atoms with van der Waals surface area (Å²) in [6, 6.07) is 13.3. The fourth-order valence-electron chi connectivity index (χ4n) is 3.12. The lowest BCUT2D eigenvalue weighted by molar-refractivity contribution is 1.27. The zero-order valence-electron chi connectivity index (χ0n) is 14.3. The van der Waals surface area contributed by atoms with Crippen molar-refractivity contribution >= 4 is 100 Å². The highest BCUT2D eigenvalue weighted by Crippen LogP contribution is 2.43. The Kier molecular flexibility index (Phi) is 4.65. The summed E-state index contributed by atoms with van der Waals surface area (Å²) in [6.07, 6.45) is 0. The van der Waals surface area contributed by atoms with Gasteiger partial charge in [-0.1, -0.05) is 58.0 Å². The number of fused-ring (bicyclic) bond motifs is 8. The summed E-state index contributed by atoms with van der Waals surface area (Å²) in [4.78, 5) is 15.6. The van der Waals surface area contributed by atoms with Gasteiger partial charge in [-0.05, 0) is 42.5 Å². The molecule has 5 rings (SSSR count). The Morgan fingerprint density at radius 3 is 1.31 bits per heavy atom. The van der Waals surface area contributed by atoms with E-state index in [-0.39, 0.29) is 15.1 Å². The minimum atomic E-state index is 0.169. The number of halogens is 5.